The maximum Gasteiger partial charge on any atom is 0.325 e. The second-order valence-electron chi connectivity index (χ2n) is 3.04. The van der Waals surface area contributed by atoms with Crippen molar-refractivity contribution in [2.45, 2.75) is 6.04 Å². The van der Waals surface area contributed by atoms with Crippen LogP contribution in [0.5, 0.6) is 11.5 Å². The lowest BCUT2D eigenvalue weighted by atomic mass is 10.0. The number of benzene rings is 1. The lowest BCUT2D eigenvalue weighted by Gasteiger charge is -2.11. The highest BCUT2D eigenvalue weighted by Crippen LogP contribution is 2.30. The molecule has 0 saturated heterocycles. The Bertz CT molecular complexity index is 465. The number of carboxylic acid groups (broad SMARTS) is 1. The molecular weight excluding hydrogens is 212 g/mol. The molecule has 1 aromatic carbocycles. The van der Waals surface area contributed by atoms with Crippen molar-refractivity contribution < 1.29 is 19.7 Å². The zero-order valence-electron chi connectivity index (χ0n) is 8.47. The van der Waals surface area contributed by atoms with E-state index in [1.165, 1.54) is 13.2 Å². The van der Waals surface area contributed by atoms with Crippen molar-refractivity contribution in [3.63, 3.8) is 0 Å². The molecule has 6 heteroatoms. The molecule has 0 aliphatic heterocycles. The number of nitrogens with two attached hydrogens (primary N) is 1. The zero-order chi connectivity index (χ0) is 12.3. The first-order valence-corrected chi connectivity index (χ1v) is 4.30. The normalized spacial score (nSPS) is 11.6. The number of aliphatic carboxylic acids is 1. The number of nitrogens with zero attached hydrogens (tertiary/aromatic N) is 1. The molecule has 0 spiro atoms. The molecule has 0 aromatic heterocycles. The smallest absolute Gasteiger partial charge is 0.325 e. The molecule has 1 unspecified atom stereocenters. The van der Waals surface area contributed by atoms with E-state index in [4.69, 9.17) is 20.8 Å². The topological polar surface area (TPSA) is 117 Å². The second-order valence-corrected chi connectivity index (χ2v) is 3.04. The van der Waals surface area contributed by atoms with E-state index in [1.807, 2.05) is 6.07 Å². The molecule has 0 radical (unpaired) electrons. The number of phenolic OH excluding ortho intramolecular Hbond substituents is 1. The second kappa shape index (κ2) is 4.51. The summed E-state index contributed by atoms with van der Waals surface area (Å²) in [7, 11) is 1.34. The van der Waals surface area contributed by atoms with Crippen LogP contribution in [0.1, 0.15) is 17.2 Å². The number of ether oxygens (including phenoxy) is 1. The first-order valence-electron chi connectivity index (χ1n) is 4.30. The molecular formula is C10H10N2O4. The van der Waals surface area contributed by atoms with E-state index in [2.05, 4.69) is 0 Å². The van der Waals surface area contributed by atoms with Crippen LogP contribution in [0, 0.1) is 11.3 Å². The number of hydrogen-bond acceptors (Lipinski definition) is 5. The Balaban J connectivity index is 3.33. The van der Waals surface area contributed by atoms with Gasteiger partial charge in [0.25, 0.3) is 0 Å². The Morgan fingerprint density at radius 1 is 1.62 bits per heavy atom. The predicted octanol–water partition coefficient (Wildman–Crippen LogP) is 0.357. The minimum absolute atomic E-state index is 0.0233. The summed E-state index contributed by atoms with van der Waals surface area (Å²) < 4.78 is 4.84. The summed E-state index contributed by atoms with van der Waals surface area (Å²) in [4.78, 5) is 10.7. The van der Waals surface area contributed by atoms with Gasteiger partial charge in [0.15, 0.2) is 0 Å². The van der Waals surface area contributed by atoms with Gasteiger partial charge in [-0.2, -0.15) is 5.26 Å². The number of phenols is 1. The molecule has 0 bridgehead atoms. The van der Waals surface area contributed by atoms with Gasteiger partial charge in [-0.15, -0.1) is 0 Å². The average Bonchev–Trinajstić information content (AvgIpc) is 2.27. The fourth-order valence-electron chi connectivity index (χ4n) is 1.22. The van der Waals surface area contributed by atoms with E-state index in [9.17, 15) is 9.90 Å². The SMILES string of the molecule is COc1cc(O)c(C(N)C(=O)O)cc1C#N. The lowest BCUT2D eigenvalue weighted by molar-refractivity contribution is -0.138. The third kappa shape index (κ3) is 2.04. The molecule has 1 rings (SSSR count). The maximum atomic E-state index is 10.7. The molecule has 1 aromatic rings. The average molecular weight is 222 g/mol. The number of nitriles is 1. The van der Waals surface area contributed by atoms with Crippen LogP contribution in [0.4, 0.5) is 0 Å². The van der Waals surface area contributed by atoms with Crippen LogP contribution in [0.3, 0.4) is 0 Å². The maximum absolute atomic E-state index is 10.7. The minimum Gasteiger partial charge on any atom is -0.507 e. The highest BCUT2D eigenvalue weighted by Gasteiger charge is 2.20. The summed E-state index contributed by atoms with van der Waals surface area (Å²) in [6.07, 6.45) is 0. The number of methoxy groups -OCH3 is 1. The molecule has 0 saturated carbocycles. The summed E-state index contributed by atoms with van der Waals surface area (Å²) in [6.45, 7) is 0. The highest BCUT2D eigenvalue weighted by atomic mass is 16.5. The fraction of sp³-hybridized carbons (Fsp3) is 0.200. The van der Waals surface area contributed by atoms with Gasteiger partial charge in [-0.1, -0.05) is 0 Å². The van der Waals surface area contributed by atoms with Crippen LogP contribution in [-0.2, 0) is 4.79 Å². The van der Waals surface area contributed by atoms with Crippen molar-refractivity contribution in [1.29, 1.82) is 5.26 Å². The van der Waals surface area contributed by atoms with Crippen molar-refractivity contribution in [2.75, 3.05) is 7.11 Å². The van der Waals surface area contributed by atoms with Gasteiger partial charge in [0, 0.05) is 11.6 Å². The summed E-state index contributed by atoms with van der Waals surface area (Å²) in [5, 5.41) is 27.0. The quantitative estimate of drug-likeness (QED) is 0.679. The Kier molecular flexibility index (Phi) is 3.33. The molecule has 0 fully saturated rings. The van der Waals surface area contributed by atoms with Crippen LogP contribution in [-0.4, -0.2) is 23.3 Å². The van der Waals surface area contributed by atoms with Gasteiger partial charge in [0.2, 0.25) is 0 Å². The van der Waals surface area contributed by atoms with Crippen molar-refractivity contribution in [1.82, 2.24) is 0 Å². The number of rotatable bonds is 3. The standard InChI is InChI=1S/C10H10N2O4/c1-16-8-3-7(13)6(2-5(8)4-11)9(12)10(14)15/h2-3,9,13H,12H2,1H3,(H,14,15). The third-order valence-electron chi connectivity index (χ3n) is 2.07. The number of carbonyl (C=O) groups is 1. The number of carboxylic acids is 1. The Hall–Kier alpha value is -2.26. The highest BCUT2D eigenvalue weighted by molar-refractivity contribution is 5.77. The van der Waals surface area contributed by atoms with E-state index in [-0.39, 0.29) is 22.6 Å². The number of hydrogen-bond donors (Lipinski definition) is 3. The summed E-state index contributed by atoms with van der Waals surface area (Å²) >= 11 is 0. The molecule has 6 nitrogen and oxygen atoms in total. The van der Waals surface area contributed by atoms with Gasteiger partial charge in [0.05, 0.1) is 12.7 Å². The van der Waals surface area contributed by atoms with Crippen LogP contribution < -0.4 is 10.5 Å². The summed E-state index contributed by atoms with van der Waals surface area (Å²) in [5.74, 6) is -1.43. The molecule has 0 amide bonds. The monoisotopic (exact) mass is 222 g/mol. The first-order chi connectivity index (χ1) is 7.51. The molecule has 0 heterocycles. The zero-order valence-corrected chi connectivity index (χ0v) is 8.47. The van der Waals surface area contributed by atoms with Crippen molar-refractivity contribution in [2.24, 2.45) is 5.73 Å². The largest absolute Gasteiger partial charge is 0.507 e. The molecule has 0 aliphatic rings. The molecule has 4 N–H and O–H groups in total. The Morgan fingerprint density at radius 2 is 2.25 bits per heavy atom. The molecule has 84 valence electrons. The van der Waals surface area contributed by atoms with Crippen LogP contribution in [0.2, 0.25) is 0 Å². The predicted molar refractivity (Wildman–Crippen MR) is 53.9 cm³/mol. The van der Waals surface area contributed by atoms with E-state index in [0.717, 1.165) is 6.07 Å². The van der Waals surface area contributed by atoms with Crippen LogP contribution >= 0.6 is 0 Å². The van der Waals surface area contributed by atoms with Crippen molar-refractivity contribution in [3.05, 3.63) is 23.3 Å². The Morgan fingerprint density at radius 3 is 2.69 bits per heavy atom. The third-order valence-corrected chi connectivity index (χ3v) is 2.07. The van der Waals surface area contributed by atoms with Gasteiger partial charge in [0.1, 0.15) is 23.6 Å². The van der Waals surface area contributed by atoms with Gasteiger partial charge >= 0.3 is 5.97 Å². The Labute approximate surface area is 91.5 Å². The van der Waals surface area contributed by atoms with Crippen molar-refractivity contribution in [3.8, 4) is 17.6 Å². The lowest BCUT2D eigenvalue weighted by Crippen LogP contribution is -2.20. The van der Waals surface area contributed by atoms with Gasteiger partial charge < -0.3 is 20.7 Å². The van der Waals surface area contributed by atoms with Crippen LogP contribution in [0.15, 0.2) is 12.1 Å². The summed E-state index contributed by atoms with van der Waals surface area (Å²) in [6, 6.07) is 2.81. The molecule has 1 atom stereocenters. The summed E-state index contributed by atoms with van der Waals surface area (Å²) in [5.41, 5.74) is 5.44. The molecule has 16 heavy (non-hydrogen) atoms. The first kappa shape index (κ1) is 11.8. The van der Waals surface area contributed by atoms with Gasteiger partial charge in [-0.3, -0.25) is 4.79 Å². The fourth-order valence-corrected chi connectivity index (χ4v) is 1.22. The van der Waals surface area contributed by atoms with E-state index < -0.39 is 12.0 Å². The van der Waals surface area contributed by atoms with Gasteiger partial charge in [-0.25, -0.2) is 0 Å². The molecule has 0 aliphatic carbocycles. The van der Waals surface area contributed by atoms with E-state index >= 15 is 0 Å². The van der Waals surface area contributed by atoms with E-state index in [0.29, 0.717) is 0 Å². The van der Waals surface area contributed by atoms with Crippen molar-refractivity contribution >= 4 is 5.97 Å². The van der Waals surface area contributed by atoms with E-state index in [1.54, 1.807) is 0 Å². The van der Waals surface area contributed by atoms with Crippen LogP contribution in [0.25, 0.3) is 0 Å². The van der Waals surface area contributed by atoms with Gasteiger partial charge in [-0.05, 0) is 6.07 Å². The number of aromatic hydroxyl groups is 1. The minimum atomic E-state index is -1.38.